The number of primary amides is 1. The molecule has 4 aromatic rings. The number of carbonyl (C=O) groups excluding carboxylic acids is 1. The number of aromatic nitrogens is 3. The third-order valence-electron chi connectivity index (χ3n) is 5.49. The van der Waals surface area contributed by atoms with Crippen molar-refractivity contribution >= 4 is 27.9 Å². The average Bonchev–Trinajstić information content (AvgIpc) is 3.48. The fraction of sp³-hybridized carbons (Fsp3) is 0.208. The van der Waals surface area contributed by atoms with Crippen molar-refractivity contribution < 1.29 is 50.2 Å². The molecule has 0 radical (unpaired) electrons. The van der Waals surface area contributed by atoms with Gasteiger partial charge in [0.25, 0.3) is 5.91 Å². The molecule has 0 aliphatic carbocycles. The number of nitrogens with zero attached hydrogens (tertiary/aromatic N) is 4. The number of aryl methyl sites for hydroxylation is 1. The van der Waals surface area contributed by atoms with Gasteiger partial charge in [0.15, 0.2) is 22.3 Å². The molecule has 0 saturated heterocycles. The summed E-state index contributed by atoms with van der Waals surface area (Å²) in [6.45, 7) is 0.426. The summed E-state index contributed by atoms with van der Waals surface area (Å²) in [7, 11) is 0. The topological polar surface area (TPSA) is 158 Å². The van der Waals surface area contributed by atoms with Crippen molar-refractivity contribution in [3.05, 3.63) is 81.5 Å². The Kier molecular flexibility index (Phi) is 8.27. The number of carboxylic acid groups (broad SMARTS) is 1. The Morgan fingerprint density at radius 3 is 2.37 bits per heavy atom. The lowest BCUT2D eigenvalue weighted by Gasteiger charge is -2.23. The van der Waals surface area contributed by atoms with E-state index < -0.39 is 65.9 Å². The Labute approximate surface area is 234 Å². The quantitative estimate of drug-likeness (QED) is 0.224. The number of oxazole rings is 1. The molecular weight excluding hydrogens is 629 g/mol. The van der Waals surface area contributed by atoms with Crippen molar-refractivity contribution in [2.45, 2.75) is 25.7 Å². The molecule has 0 aliphatic heterocycles. The van der Waals surface area contributed by atoms with Crippen LogP contribution in [0, 0.1) is 18.6 Å². The molecule has 1 atom stereocenters. The van der Waals surface area contributed by atoms with Gasteiger partial charge in [0.2, 0.25) is 17.7 Å². The molecule has 0 spiro atoms. The predicted molar refractivity (Wildman–Crippen MR) is 130 cm³/mol. The third kappa shape index (κ3) is 6.62. The molecule has 0 aliphatic rings. The van der Waals surface area contributed by atoms with Crippen molar-refractivity contribution in [3.63, 3.8) is 0 Å². The highest BCUT2D eigenvalue weighted by molar-refractivity contribution is 9.10. The average molecular weight is 646 g/mol. The summed E-state index contributed by atoms with van der Waals surface area (Å²) in [5, 5.41) is 17.1. The van der Waals surface area contributed by atoms with Gasteiger partial charge in [0, 0.05) is 12.5 Å². The third-order valence-corrected chi connectivity index (χ3v) is 6.02. The molecule has 216 valence electrons. The molecule has 2 aromatic heterocycles. The lowest BCUT2D eigenvalue weighted by molar-refractivity contribution is -0.137. The number of ether oxygens (including phenoxy) is 1. The molecule has 2 amide bonds. The number of benzene rings is 2. The summed E-state index contributed by atoms with van der Waals surface area (Å²) in [5.74, 6) is -5.15. The molecule has 0 bridgehead atoms. The zero-order valence-corrected chi connectivity index (χ0v) is 22.2. The summed E-state index contributed by atoms with van der Waals surface area (Å²) in [4.78, 5) is 28.6. The van der Waals surface area contributed by atoms with Crippen LogP contribution in [0.3, 0.4) is 0 Å². The van der Waals surface area contributed by atoms with Crippen molar-refractivity contribution in [3.8, 4) is 17.0 Å². The lowest BCUT2D eigenvalue weighted by Crippen LogP contribution is -2.35. The highest BCUT2D eigenvalue weighted by atomic mass is 79.9. The van der Waals surface area contributed by atoms with Gasteiger partial charge in [-0.25, -0.2) is 18.6 Å². The minimum atomic E-state index is -4.58. The van der Waals surface area contributed by atoms with Gasteiger partial charge in [-0.15, -0.1) is 10.2 Å². The predicted octanol–water partition coefficient (Wildman–Crippen LogP) is 5.49. The molecule has 41 heavy (non-hydrogen) atoms. The zero-order chi connectivity index (χ0) is 30.1. The number of nitrogens with two attached hydrogens (primary N) is 1. The van der Waals surface area contributed by atoms with Gasteiger partial charge in [-0.05, 0) is 40.2 Å². The Balaban J connectivity index is 1.74. The Hall–Kier alpha value is -4.54. The van der Waals surface area contributed by atoms with E-state index in [4.69, 9.17) is 19.3 Å². The Morgan fingerprint density at radius 1 is 1.12 bits per heavy atom. The van der Waals surface area contributed by atoms with Crippen molar-refractivity contribution in [2.24, 2.45) is 5.73 Å². The highest BCUT2D eigenvalue weighted by Gasteiger charge is 2.32. The number of carbonyl (C=O) groups is 2. The van der Waals surface area contributed by atoms with E-state index in [0.29, 0.717) is 6.07 Å². The maximum atomic E-state index is 15.0. The molecule has 3 N–H and O–H groups in total. The van der Waals surface area contributed by atoms with Crippen LogP contribution in [-0.4, -0.2) is 43.7 Å². The first-order chi connectivity index (χ1) is 19.2. The zero-order valence-electron chi connectivity index (χ0n) is 20.6. The monoisotopic (exact) mass is 645 g/mol. The number of amides is 2. The molecule has 0 fully saturated rings. The summed E-state index contributed by atoms with van der Waals surface area (Å²) >= 11 is 3.12. The van der Waals surface area contributed by atoms with E-state index in [9.17, 15) is 32.3 Å². The fourth-order valence-corrected chi connectivity index (χ4v) is 4.08. The smallest absolute Gasteiger partial charge is 0.416 e. The highest BCUT2D eigenvalue weighted by Crippen LogP contribution is 2.36. The van der Waals surface area contributed by atoms with Crippen LogP contribution in [-0.2, 0) is 12.7 Å². The van der Waals surface area contributed by atoms with Gasteiger partial charge in [-0.3, -0.25) is 9.69 Å². The fourth-order valence-electron chi connectivity index (χ4n) is 3.59. The maximum Gasteiger partial charge on any atom is 0.416 e. The van der Waals surface area contributed by atoms with E-state index in [1.807, 2.05) is 0 Å². The van der Waals surface area contributed by atoms with E-state index in [1.54, 1.807) is 0 Å². The molecule has 0 saturated carbocycles. The van der Waals surface area contributed by atoms with Gasteiger partial charge >= 0.3 is 12.3 Å². The largest absolute Gasteiger partial charge is 0.476 e. The number of halogens is 6. The van der Waals surface area contributed by atoms with Gasteiger partial charge in [-0.1, -0.05) is 12.1 Å². The standard InChI is InChI=1S/C24H17BrF5N5O6/c1-10-33-34-16(39-10)9-35(23(37)38)8-15(40-14-7-6-13(26)17(18(14)27)21(31)36)22-32-19(20(25)41-22)11-2-4-12(5-3-11)24(28,29)30/h2-7,15H,8-9H2,1H3,(H2,31,36)(H,37,38). The van der Waals surface area contributed by atoms with Crippen LogP contribution < -0.4 is 10.5 Å². The number of alkyl halides is 3. The van der Waals surface area contributed by atoms with E-state index in [2.05, 4.69) is 31.1 Å². The summed E-state index contributed by atoms with van der Waals surface area (Å²) in [6, 6.07) is 5.46. The molecule has 2 heterocycles. The van der Waals surface area contributed by atoms with E-state index in [1.165, 1.54) is 6.92 Å². The number of rotatable bonds is 9. The molecule has 11 nitrogen and oxygen atoms in total. The first-order valence-electron chi connectivity index (χ1n) is 11.3. The molecule has 4 rings (SSSR count). The normalized spacial score (nSPS) is 12.3. The number of hydrogen-bond acceptors (Lipinski definition) is 8. The van der Waals surface area contributed by atoms with Crippen LogP contribution in [0.15, 0.2) is 49.9 Å². The summed E-state index contributed by atoms with van der Waals surface area (Å²) < 4.78 is 84.3. The molecule has 2 aromatic carbocycles. The number of hydrogen-bond donors (Lipinski definition) is 2. The van der Waals surface area contributed by atoms with Gasteiger partial charge in [-0.2, -0.15) is 13.2 Å². The second-order valence-electron chi connectivity index (χ2n) is 8.33. The minimum absolute atomic E-state index is 0.00845. The molecule has 1 unspecified atom stereocenters. The molecular formula is C24H17BrF5N5O6. The summed E-state index contributed by atoms with van der Waals surface area (Å²) in [6.07, 6.45) is -7.64. The maximum absolute atomic E-state index is 15.0. The SMILES string of the molecule is Cc1nnc(CN(CC(Oc2ccc(F)c(C(N)=O)c2F)c2nc(-c3ccc(C(F)(F)F)cc3)c(Br)o2)C(=O)O)o1. The van der Waals surface area contributed by atoms with Crippen molar-refractivity contribution in [1.29, 1.82) is 0 Å². The van der Waals surface area contributed by atoms with Crippen molar-refractivity contribution in [1.82, 2.24) is 20.1 Å². The Morgan fingerprint density at radius 2 is 1.80 bits per heavy atom. The summed E-state index contributed by atoms with van der Waals surface area (Å²) in [5.41, 5.74) is 3.25. The van der Waals surface area contributed by atoms with E-state index in [0.717, 1.165) is 35.2 Å². The van der Waals surface area contributed by atoms with Gasteiger partial charge in [0.1, 0.15) is 23.6 Å². The van der Waals surface area contributed by atoms with Crippen LogP contribution >= 0.6 is 15.9 Å². The molecule has 17 heteroatoms. The lowest BCUT2D eigenvalue weighted by atomic mass is 10.1. The minimum Gasteiger partial charge on any atom is -0.476 e. The van der Waals surface area contributed by atoms with Gasteiger partial charge < -0.3 is 24.4 Å². The van der Waals surface area contributed by atoms with Crippen LogP contribution in [0.1, 0.15) is 39.7 Å². The first-order valence-corrected chi connectivity index (χ1v) is 12.1. The second-order valence-corrected chi connectivity index (χ2v) is 9.05. The second kappa shape index (κ2) is 11.5. The Bertz CT molecular complexity index is 1590. The van der Waals surface area contributed by atoms with Crippen LogP contribution in [0.5, 0.6) is 5.75 Å². The van der Waals surface area contributed by atoms with Crippen LogP contribution in [0.4, 0.5) is 26.7 Å². The van der Waals surface area contributed by atoms with Crippen LogP contribution in [0.2, 0.25) is 0 Å². The van der Waals surface area contributed by atoms with Gasteiger partial charge in [0.05, 0.1) is 12.1 Å². The van der Waals surface area contributed by atoms with E-state index in [-0.39, 0.29) is 33.6 Å². The van der Waals surface area contributed by atoms with Crippen molar-refractivity contribution in [2.75, 3.05) is 6.54 Å². The van der Waals surface area contributed by atoms with Crippen LogP contribution in [0.25, 0.3) is 11.3 Å². The van der Waals surface area contributed by atoms with E-state index >= 15 is 4.39 Å². The first kappa shape index (κ1) is 29.4.